The van der Waals surface area contributed by atoms with E-state index in [0.717, 1.165) is 36.8 Å². The summed E-state index contributed by atoms with van der Waals surface area (Å²) in [5.41, 5.74) is -5.19. The van der Waals surface area contributed by atoms with E-state index in [-0.39, 0.29) is 0 Å². The molecule has 1 aliphatic heterocycles. The largest absolute Gasteiger partial charge is 0.374 e. The quantitative estimate of drug-likeness (QED) is 0.430. The Morgan fingerprint density at radius 2 is 1.88 bits per heavy atom. The summed E-state index contributed by atoms with van der Waals surface area (Å²) in [6.45, 7) is 0. The number of nitrogens with zero attached hydrogens (tertiary/aromatic N) is 3. The predicted octanol–water partition coefficient (Wildman–Crippen LogP) is 5.14. The SMILES string of the molecule is OC(C1=CN=IN=C1)(c1ccc(F)cc1F)C(F)(F)c1ccc(Br)cn1. The van der Waals surface area contributed by atoms with Crippen molar-refractivity contribution in [1.29, 1.82) is 0 Å². The number of aromatic nitrogens is 1. The summed E-state index contributed by atoms with van der Waals surface area (Å²) in [7, 11) is 0. The lowest BCUT2D eigenvalue weighted by molar-refractivity contribution is -0.174. The summed E-state index contributed by atoms with van der Waals surface area (Å²) in [5, 5.41) is 11.1. The Morgan fingerprint density at radius 1 is 1.12 bits per heavy atom. The fraction of sp³-hybridized carbons (Fsp3) is 0.125. The average Bonchev–Trinajstić information content (AvgIpc) is 2.62. The third-order valence-electron chi connectivity index (χ3n) is 3.71. The van der Waals surface area contributed by atoms with Gasteiger partial charge in [-0.3, -0.25) is 4.98 Å². The first-order valence-electron chi connectivity index (χ1n) is 7.02. The Balaban J connectivity index is 2.27. The second kappa shape index (κ2) is 7.24. The molecule has 0 fully saturated rings. The first-order valence-corrected chi connectivity index (χ1v) is 9.74. The molecule has 2 heterocycles. The fourth-order valence-corrected chi connectivity index (χ4v) is 3.66. The van der Waals surface area contributed by atoms with Gasteiger partial charge in [-0.1, -0.05) is 0 Å². The van der Waals surface area contributed by atoms with Crippen molar-refractivity contribution in [2.24, 2.45) is 6.35 Å². The van der Waals surface area contributed by atoms with Gasteiger partial charge in [0.1, 0.15) is 38.6 Å². The summed E-state index contributed by atoms with van der Waals surface area (Å²) in [6, 6.07) is 4.31. The number of halogens is 6. The molecule has 3 rings (SSSR count). The summed E-state index contributed by atoms with van der Waals surface area (Å²) in [4.78, 5) is 3.63. The van der Waals surface area contributed by atoms with Gasteiger partial charge >= 0.3 is 5.92 Å². The number of pyridine rings is 1. The second-order valence-corrected chi connectivity index (χ2v) is 7.72. The molecule has 10 heteroatoms. The van der Waals surface area contributed by atoms with Crippen LogP contribution in [-0.4, -0.2) is 16.3 Å². The van der Waals surface area contributed by atoms with Crippen molar-refractivity contribution in [1.82, 2.24) is 4.98 Å². The summed E-state index contributed by atoms with van der Waals surface area (Å²) in [6.07, 6.45) is 3.20. The van der Waals surface area contributed by atoms with Gasteiger partial charge in [-0.15, -0.1) is 0 Å². The molecule has 1 aromatic carbocycles. The molecule has 1 atom stereocenters. The van der Waals surface area contributed by atoms with Gasteiger partial charge in [-0.05, 0) is 40.2 Å². The summed E-state index contributed by atoms with van der Waals surface area (Å²) in [5.74, 6) is -6.34. The number of hydrogen-bond donors (Lipinski definition) is 1. The van der Waals surface area contributed by atoms with Crippen molar-refractivity contribution in [3.63, 3.8) is 0 Å². The van der Waals surface area contributed by atoms with Gasteiger partial charge in [0, 0.05) is 40.3 Å². The predicted molar refractivity (Wildman–Crippen MR) is 99.1 cm³/mol. The van der Waals surface area contributed by atoms with Crippen LogP contribution in [0.25, 0.3) is 0 Å². The van der Waals surface area contributed by atoms with Gasteiger partial charge in [0.15, 0.2) is 5.60 Å². The maximum absolute atomic E-state index is 15.4. The van der Waals surface area contributed by atoms with Crippen LogP contribution in [0, 0.1) is 11.6 Å². The maximum Gasteiger partial charge on any atom is 0.326 e. The van der Waals surface area contributed by atoms with Crippen LogP contribution in [0.4, 0.5) is 17.6 Å². The van der Waals surface area contributed by atoms with Gasteiger partial charge in [0.2, 0.25) is 0 Å². The zero-order chi connectivity index (χ0) is 18.9. The van der Waals surface area contributed by atoms with E-state index >= 15 is 8.78 Å². The topological polar surface area (TPSA) is 57.8 Å². The molecule has 1 aliphatic rings. The first-order chi connectivity index (χ1) is 12.3. The van der Waals surface area contributed by atoms with E-state index in [1.165, 1.54) is 6.07 Å². The zero-order valence-corrected chi connectivity index (χ0v) is 16.4. The molecule has 2 aromatic rings. The van der Waals surface area contributed by atoms with Gasteiger partial charge < -0.3 is 5.11 Å². The minimum Gasteiger partial charge on any atom is -0.374 e. The van der Waals surface area contributed by atoms with E-state index in [9.17, 15) is 13.9 Å². The molecule has 0 amide bonds. The molecule has 0 saturated carbocycles. The number of aliphatic hydroxyl groups is 1. The van der Waals surface area contributed by atoms with Crippen LogP contribution in [-0.2, 0) is 11.5 Å². The molecule has 1 aromatic heterocycles. The Morgan fingerprint density at radius 3 is 2.46 bits per heavy atom. The molecular formula is C16H9BrF4IN3O. The third kappa shape index (κ3) is 3.25. The molecular weight excluding hydrogens is 533 g/mol. The molecule has 1 unspecified atom stereocenters. The fourth-order valence-electron chi connectivity index (χ4n) is 2.43. The van der Waals surface area contributed by atoms with Crippen molar-refractivity contribution in [2.45, 2.75) is 11.5 Å². The van der Waals surface area contributed by atoms with E-state index in [0.29, 0.717) is 10.5 Å². The summed E-state index contributed by atoms with van der Waals surface area (Å²) >= 11 is 2.13. The highest BCUT2D eigenvalue weighted by Gasteiger charge is 2.59. The van der Waals surface area contributed by atoms with Crippen molar-refractivity contribution in [3.8, 4) is 0 Å². The minimum atomic E-state index is -4.06. The number of rotatable bonds is 4. The van der Waals surface area contributed by atoms with Crippen LogP contribution in [0.15, 0.2) is 59.1 Å². The average molecular weight is 542 g/mol. The van der Waals surface area contributed by atoms with E-state index in [2.05, 4.69) is 27.3 Å². The van der Waals surface area contributed by atoms with Crippen LogP contribution in [0.3, 0.4) is 0 Å². The molecule has 1 N–H and O–H groups in total. The van der Waals surface area contributed by atoms with Crippen molar-refractivity contribution in [2.75, 3.05) is 0 Å². The molecule has 0 aliphatic carbocycles. The second-order valence-electron chi connectivity index (χ2n) is 5.25. The van der Waals surface area contributed by atoms with E-state index in [4.69, 9.17) is 0 Å². The van der Waals surface area contributed by atoms with Crippen LogP contribution in [0.5, 0.6) is 0 Å². The normalized spacial score (nSPS) is 16.6. The Labute approximate surface area is 164 Å². The highest BCUT2D eigenvalue weighted by atomic mass is 127. The van der Waals surface area contributed by atoms with E-state index in [1.807, 2.05) is 0 Å². The lowest BCUT2D eigenvalue weighted by Crippen LogP contribution is -2.46. The lowest BCUT2D eigenvalue weighted by atomic mass is 9.79. The molecule has 0 bridgehead atoms. The highest BCUT2D eigenvalue weighted by molar-refractivity contribution is 14.1. The van der Waals surface area contributed by atoms with Gasteiger partial charge in [-0.2, -0.15) is 8.78 Å². The van der Waals surface area contributed by atoms with Crippen molar-refractivity contribution < 1.29 is 22.7 Å². The van der Waals surface area contributed by atoms with Gasteiger partial charge in [-0.25, -0.2) is 15.1 Å². The molecule has 136 valence electrons. The first kappa shape index (κ1) is 19.2. The molecule has 26 heavy (non-hydrogen) atoms. The van der Waals surface area contributed by atoms with Crippen LogP contribution >= 0.6 is 37.2 Å². The third-order valence-corrected chi connectivity index (χ3v) is 5.23. The molecule has 0 saturated heterocycles. The Hall–Kier alpha value is -1.53. The van der Waals surface area contributed by atoms with Crippen LogP contribution < -0.4 is 0 Å². The summed E-state index contributed by atoms with van der Waals surface area (Å²) < 4.78 is 66.5. The molecule has 0 spiro atoms. The van der Waals surface area contributed by atoms with Gasteiger partial charge in [0.05, 0.1) is 0 Å². The van der Waals surface area contributed by atoms with Crippen molar-refractivity contribution >= 4 is 43.5 Å². The van der Waals surface area contributed by atoms with Crippen LogP contribution in [0.1, 0.15) is 11.3 Å². The molecule has 0 radical (unpaired) electrons. The maximum atomic E-state index is 15.4. The zero-order valence-electron chi connectivity index (χ0n) is 12.7. The van der Waals surface area contributed by atoms with Crippen molar-refractivity contribution in [3.05, 3.63) is 75.7 Å². The lowest BCUT2D eigenvalue weighted by Gasteiger charge is -2.36. The Kier molecular flexibility index (Phi) is 5.35. The van der Waals surface area contributed by atoms with E-state index in [1.54, 1.807) is 0 Å². The standard InChI is InChI=1S/C16H9BrF4IN3O/c17-10-1-4-14(23-8-10)16(20,21)15(26,9-6-24-22-25-7-9)12-3-2-11(18)5-13(12)19/h1-8,26H. The highest BCUT2D eigenvalue weighted by Crippen LogP contribution is 2.50. The monoisotopic (exact) mass is 541 g/mol. The number of hydrogen-bond acceptors (Lipinski definition) is 4. The van der Waals surface area contributed by atoms with Crippen LogP contribution in [0.2, 0.25) is 0 Å². The Bertz CT molecular complexity index is 934. The number of alkyl halides is 2. The number of benzene rings is 1. The van der Waals surface area contributed by atoms with Gasteiger partial charge in [0.25, 0.3) is 0 Å². The minimum absolute atomic E-state index is 0.413. The van der Waals surface area contributed by atoms with E-state index < -0.39 is 61.3 Å². The molecule has 4 nitrogen and oxygen atoms in total. The smallest absolute Gasteiger partial charge is 0.326 e.